The molecule has 0 saturated heterocycles. The Balaban J connectivity index is 5.50. The fourth-order valence-corrected chi connectivity index (χ4v) is 0.701. The first-order chi connectivity index (χ1) is 6.92. The third-order valence-corrected chi connectivity index (χ3v) is 1.71. The first-order valence-corrected chi connectivity index (χ1v) is 3.67. The lowest BCUT2D eigenvalue weighted by Crippen LogP contribution is -2.58. The Hall–Kier alpha value is -1.08. The van der Waals surface area contributed by atoms with E-state index in [1.807, 2.05) is 6.58 Å². The molecule has 0 aromatic carbocycles. The van der Waals surface area contributed by atoms with E-state index in [0.29, 0.717) is 0 Å². The van der Waals surface area contributed by atoms with E-state index in [9.17, 15) is 35.1 Å². The van der Waals surface area contributed by atoms with Crippen molar-refractivity contribution in [3.63, 3.8) is 0 Å². The number of alkyl halides is 7. The van der Waals surface area contributed by atoms with Crippen molar-refractivity contribution in [3.8, 4) is 0 Å². The molecule has 0 fully saturated rings. The van der Waals surface area contributed by atoms with E-state index in [0.717, 1.165) is 0 Å². The largest absolute Gasteiger partial charge is 0.382 e. The number of hydrogen-bond acceptors (Lipinski definition) is 0. The van der Waals surface area contributed by atoms with Crippen molar-refractivity contribution >= 4 is 0 Å². The molecule has 16 heavy (non-hydrogen) atoms. The van der Waals surface area contributed by atoms with Crippen molar-refractivity contribution in [3.05, 3.63) is 25.1 Å². The van der Waals surface area contributed by atoms with E-state index in [1.165, 1.54) is 0 Å². The Morgan fingerprint density at radius 3 is 1.69 bits per heavy atom. The van der Waals surface area contributed by atoms with Crippen molar-refractivity contribution in [2.24, 2.45) is 0 Å². The number of rotatable bonds is 5. The van der Waals surface area contributed by atoms with Crippen molar-refractivity contribution < 1.29 is 35.1 Å². The van der Waals surface area contributed by atoms with E-state index in [2.05, 4.69) is 6.58 Å². The van der Waals surface area contributed by atoms with E-state index < -0.39 is 29.8 Å². The van der Waals surface area contributed by atoms with Crippen molar-refractivity contribution in [2.45, 2.75) is 23.9 Å². The van der Waals surface area contributed by atoms with Crippen LogP contribution in [0.5, 0.6) is 0 Å². The van der Waals surface area contributed by atoms with Crippen molar-refractivity contribution in [1.29, 1.82) is 0 Å². The Kier molecular flexibility index (Phi) is 3.79. The second kappa shape index (κ2) is 4.06. The Bertz CT molecular complexity index is 292. The van der Waals surface area contributed by atoms with Crippen LogP contribution in [-0.4, -0.2) is 23.9 Å². The third kappa shape index (κ3) is 1.92. The van der Waals surface area contributed by atoms with Gasteiger partial charge in [-0.2, -0.15) is 26.3 Å². The van der Waals surface area contributed by atoms with E-state index >= 15 is 0 Å². The average molecular weight is 254 g/mol. The zero-order chi connectivity index (χ0) is 13.4. The third-order valence-electron chi connectivity index (χ3n) is 1.71. The quantitative estimate of drug-likeness (QED) is 0.515. The summed E-state index contributed by atoms with van der Waals surface area (Å²) >= 11 is 0. The van der Waals surface area contributed by atoms with Gasteiger partial charge in [-0.3, -0.25) is 0 Å². The predicted molar refractivity (Wildman–Crippen MR) is 40.2 cm³/mol. The van der Waals surface area contributed by atoms with E-state index in [4.69, 9.17) is 0 Å². The van der Waals surface area contributed by atoms with Crippen LogP contribution in [0.15, 0.2) is 25.1 Å². The van der Waals surface area contributed by atoms with Gasteiger partial charge in [0.05, 0.1) is 0 Å². The summed E-state index contributed by atoms with van der Waals surface area (Å²) in [5.74, 6) is -20.9. The molecule has 0 radical (unpaired) electrons. The van der Waals surface area contributed by atoms with Crippen LogP contribution in [0.2, 0.25) is 0 Å². The van der Waals surface area contributed by atoms with E-state index in [1.54, 1.807) is 0 Å². The molecule has 1 atom stereocenters. The molecule has 0 aromatic heterocycles. The highest BCUT2D eigenvalue weighted by atomic mass is 19.4. The molecule has 0 nitrogen and oxygen atoms in total. The van der Waals surface area contributed by atoms with Gasteiger partial charge < -0.3 is 0 Å². The highest BCUT2D eigenvalue weighted by Crippen LogP contribution is 2.51. The summed E-state index contributed by atoms with van der Waals surface area (Å²) in [6.45, 7) is 4.23. The lowest BCUT2D eigenvalue weighted by Gasteiger charge is -2.32. The molecular weight excluding hydrogens is 248 g/mol. The van der Waals surface area contributed by atoms with Gasteiger partial charge in [-0.1, -0.05) is 19.2 Å². The molecule has 0 aliphatic heterocycles. The lowest BCUT2D eigenvalue weighted by atomic mass is 10.00. The maximum Gasteiger partial charge on any atom is 0.382 e. The summed E-state index contributed by atoms with van der Waals surface area (Å²) in [5.41, 5.74) is 0. The minimum Gasteiger partial charge on any atom is -0.236 e. The molecule has 0 spiro atoms. The molecule has 0 aliphatic rings. The topological polar surface area (TPSA) is 0 Å². The molecule has 0 amide bonds. The molecule has 0 saturated carbocycles. The minimum atomic E-state index is -6.25. The normalized spacial score (nSPS) is 15.8. The molecule has 0 heterocycles. The van der Waals surface area contributed by atoms with Crippen molar-refractivity contribution in [1.82, 2.24) is 0 Å². The second-order valence-corrected chi connectivity index (χ2v) is 2.81. The predicted octanol–water partition coefficient (Wildman–Crippen LogP) is 3.90. The van der Waals surface area contributed by atoms with Crippen LogP contribution in [0.1, 0.15) is 0 Å². The van der Waals surface area contributed by atoms with E-state index in [-0.39, 0.29) is 6.08 Å². The fourth-order valence-electron chi connectivity index (χ4n) is 0.701. The standard InChI is InChI=1S/C8H6F8/c1-3-5(10)7(13,14)8(15,16)6(11,12)4(2)9/h3,5H,1-2H2. The first-order valence-electron chi connectivity index (χ1n) is 3.67. The van der Waals surface area contributed by atoms with Gasteiger partial charge in [-0.25, -0.2) is 8.78 Å². The van der Waals surface area contributed by atoms with Crippen molar-refractivity contribution in [2.75, 3.05) is 0 Å². The van der Waals surface area contributed by atoms with Crippen LogP contribution in [0.25, 0.3) is 0 Å². The summed E-state index contributed by atoms with van der Waals surface area (Å²) in [7, 11) is 0. The minimum absolute atomic E-state index is 0.287. The van der Waals surface area contributed by atoms with Crippen LogP contribution in [0.3, 0.4) is 0 Å². The molecule has 8 heteroatoms. The van der Waals surface area contributed by atoms with Gasteiger partial charge in [0.25, 0.3) is 0 Å². The monoisotopic (exact) mass is 254 g/mol. The number of hydrogen-bond donors (Lipinski definition) is 0. The van der Waals surface area contributed by atoms with Crippen LogP contribution < -0.4 is 0 Å². The molecular formula is C8H6F8. The molecule has 0 aliphatic carbocycles. The van der Waals surface area contributed by atoms with Crippen LogP contribution >= 0.6 is 0 Å². The number of allylic oxidation sites excluding steroid dienone is 2. The first kappa shape index (κ1) is 14.9. The Morgan fingerprint density at radius 1 is 1.06 bits per heavy atom. The molecule has 0 N–H and O–H groups in total. The maximum absolute atomic E-state index is 12.6. The van der Waals surface area contributed by atoms with Gasteiger partial charge in [0.1, 0.15) is 0 Å². The van der Waals surface area contributed by atoms with Crippen LogP contribution in [0.4, 0.5) is 35.1 Å². The molecule has 1 unspecified atom stereocenters. The SMILES string of the molecule is C=CC(F)C(F)(F)C(F)(F)C(F)(F)C(=C)F. The van der Waals surface area contributed by atoms with Crippen LogP contribution in [0, 0.1) is 0 Å². The fraction of sp³-hybridized carbons (Fsp3) is 0.500. The van der Waals surface area contributed by atoms with Gasteiger partial charge >= 0.3 is 17.8 Å². The summed E-state index contributed by atoms with van der Waals surface area (Å²) in [6, 6.07) is 0. The summed E-state index contributed by atoms with van der Waals surface area (Å²) in [5, 5.41) is 0. The second-order valence-electron chi connectivity index (χ2n) is 2.81. The highest BCUT2D eigenvalue weighted by Gasteiger charge is 2.75. The molecule has 0 rings (SSSR count). The summed E-state index contributed by atoms with van der Waals surface area (Å²) in [4.78, 5) is 0. The maximum atomic E-state index is 12.6. The van der Waals surface area contributed by atoms with Gasteiger partial charge in [-0.15, -0.1) is 0 Å². The highest BCUT2D eigenvalue weighted by molar-refractivity contribution is 5.14. The number of halogens is 8. The molecule has 0 bridgehead atoms. The Labute approximate surface area is 85.2 Å². The average Bonchev–Trinajstić information content (AvgIpc) is 2.15. The summed E-state index contributed by atoms with van der Waals surface area (Å²) in [6.07, 6.45) is -4.03. The van der Waals surface area contributed by atoms with Gasteiger partial charge in [0.2, 0.25) is 0 Å². The lowest BCUT2D eigenvalue weighted by molar-refractivity contribution is -0.311. The van der Waals surface area contributed by atoms with Gasteiger partial charge in [-0.05, 0) is 0 Å². The van der Waals surface area contributed by atoms with Gasteiger partial charge in [0.15, 0.2) is 12.0 Å². The van der Waals surface area contributed by atoms with Crippen LogP contribution in [-0.2, 0) is 0 Å². The Morgan fingerprint density at radius 2 is 1.44 bits per heavy atom. The molecule has 94 valence electrons. The van der Waals surface area contributed by atoms with Gasteiger partial charge in [0, 0.05) is 0 Å². The molecule has 0 aromatic rings. The summed E-state index contributed by atoms with van der Waals surface area (Å²) < 4.78 is 99.4. The smallest absolute Gasteiger partial charge is 0.236 e. The zero-order valence-electron chi connectivity index (χ0n) is 7.59. The zero-order valence-corrected chi connectivity index (χ0v) is 7.59.